The fourth-order valence-electron chi connectivity index (χ4n) is 4.28. The highest BCUT2D eigenvalue weighted by Gasteiger charge is 2.30. The van der Waals surface area contributed by atoms with Crippen molar-refractivity contribution < 1.29 is 19.1 Å². The van der Waals surface area contributed by atoms with Crippen LogP contribution in [0, 0.1) is 0 Å². The van der Waals surface area contributed by atoms with Gasteiger partial charge in [0.05, 0.1) is 7.11 Å². The quantitative estimate of drug-likeness (QED) is 0.644. The Labute approximate surface area is 195 Å². The number of ether oxygens (including phenoxy) is 2. The van der Waals surface area contributed by atoms with Gasteiger partial charge in [-0.15, -0.1) is 0 Å². The van der Waals surface area contributed by atoms with Crippen LogP contribution in [0.3, 0.4) is 0 Å². The van der Waals surface area contributed by atoms with Crippen LogP contribution in [0.4, 0.5) is 15.3 Å². The van der Waals surface area contributed by atoms with Gasteiger partial charge in [-0.05, 0) is 74.6 Å². The number of anilines is 1. The third-order valence-corrected chi connectivity index (χ3v) is 5.97. The number of nitrogens with zero attached hydrogens (tertiary/aromatic N) is 3. The van der Waals surface area contributed by atoms with Crippen molar-refractivity contribution in [2.45, 2.75) is 58.8 Å². The van der Waals surface area contributed by atoms with Crippen LogP contribution in [-0.2, 0) is 24.4 Å². The molecule has 33 heavy (non-hydrogen) atoms. The van der Waals surface area contributed by atoms with E-state index in [0.717, 1.165) is 47.5 Å². The minimum Gasteiger partial charge on any atom is -0.497 e. The van der Waals surface area contributed by atoms with Gasteiger partial charge in [0, 0.05) is 38.4 Å². The molecule has 2 aromatic rings. The average molecular weight is 452 g/mol. The van der Waals surface area contributed by atoms with E-state index in [0.29, 0.717) is 26.2 Å². The molecule has 2 heterocycles. The van der Waals surface area contributed by atoms with Gasteiger partial charge in [0.2, 0.25) is 0 Å². The summed E-state index contributed by atoms with van der Waals surface area (Å²) in [7, 11) is 1.65. The number of carbonyl (C=O) groups excluding carboxylic acids is 2. The summed E-state index contributed by atoms with van der Waals surface area (Å²) in [4.78, 5) is 31.4. The summed E-state index contributed by atoms with van der Waals surface area (Å²) in [6.45, 7) is 8.62. The summed E-state index contributed by atoms with van der Waals surface area (Å²) in [6.07, 6.45) is 1.61. The molecule has 0 spiro atoms. The van der Waals surface area contributed by atoms with Gasteiger partial charge >= 0.3 is 12.1 Å². The molecule has 1 saturated heterocycles. The topological polar surface area (TPSA) is 62.3 Å². The summed E-state index contributed by atoms with van der Waals surface area (Å²) < 4.78 is 10.8. The van der Waals surface area contributed by atoms with E-state index >= 15 is 0 Å². The molecule has 1 fully saturated rings. The van der Waals surface area contributed by atoms with E-state index in [1.165, 1.54) is 0 Å². The molecule has 0 aliphatic carbocycles. The minimum atomic E-state index is -0.525. The molecule has 0 aromatic heterocycles. The second-order valence-electron chi connectivity index (χ2n) is 9.70. The van der Waals surface area contributed by atoms with Gasteiger partial charge in [-0.2, -0.15) is 0 Å². The molecule has 0 radical (unpaired) electrons. The molecule has 7 heteroatoms. The maximum absolute atomic E-state index is 13.4. The SMILES string of the molecule is COc1ccc(CN2CCCCN(c3ccc4c(c3)CN(C(=O)OC(C)(C)C)C4)C2=O)cc1. The second-order valence-corrected chi connectivity index (χ2v) is 9.70. The Morgan fingerprint density at radius 2 is 1.67 bits per heavy atom. The van der Waals surface area contributed by atoms with Gasteiger partial charge in [-0.25, -0.2) is 9.59 Å². The van der Waals surface area contributed by atoms with Crippen LogP contribution in [0.25, 0.3) is 0 Å². The van der Waals surface area contributed by atoms with Gasteiger partial charge in [-0.3, -0.25) is 9.80 Å². The largest absolute Gasteiger partial charge is 0.497 e. The van der Waals surface area contributed by atoms with Crippen LogP contribution >= 0.6 is 0 Å². The van der Waals surface area contributed by atoms with Gasteiger partial charge in [0.1, 0.15) is 11.4 Å². The zero-order valence-electron chi connectivity index (χ0n) is 20.0. The summed E-state index contributed by atoms with van der Waals surface area (Å²) in [5.74, 6) is 0.807. The molecule has 0 saturated carbocycles. The smallest absolute Gasteiger partial charge is 0.410 e. The zero-order valence-corrected chi connectivity index (χ0v) is 20.0. The predicted molar refractivity (Wildman–Crippen MR) is 127 cm³/mol. The lowest BCUT2D eigenvalue weighted by Gasteiger charge is -2.28. The fourth-order valence-corrected chi connectivity index (χ4v) is 4.28. The van der Waals surface area contributed by atoms with E-state index in [2.05, 4.69) is 6.07 Å². The number of benzene rings is 2. The summed E-state index contributed by atoms with van der Waals surface area (Å²) in [5, 5.41) is 0. The molecule has 7 nitrogen and oxygen atoms in total. The molecule has 0 bridgehead atoms. The minimum absolute atomic E-state index is 0.0188. The summed E-state index contributed by atoms with van der Waals surface area (Å²) in [6, 6.07) is 13.9. The lowest BCUT2D eigenvalue weighted by molar-refractivity contribution is 0.0242. The normalized spacial score (nSPS) is 16.5. The van der Waals surface area contributed by atoms with E-state index in [1.54, 1.807) is 12.0 Å². The molecule has 0 atom stereocenters. The molecule has 0 N–H and O–H groups in total. The van der Waals surface area contributed by atoms with Gasteiger partial charge in [-0.1, -0.05) is 18.2 Å². The van der Waals surface area contributed by atoms with Crippen LogP contribution < -0.4 is 9.64 Å². The number of amides is 3. The fraction of sp³-hybridized carbons (Fsp3) is 0.462. The third kappa shape index (κ3) is 5.41. The molecule has 3 amide bonds. The number of fused-ring (bicyclic) bond motifs is 1. The van der Waals surface area contributed by atoms with Crippen LogP contribution in [0.5, 0.6) is 5.75 Å². The van der Waals surface area contributed by atoms with Gasteiger partial charge in [0.15, 0.2) is 0 Å². The zero-order chi connectivity index (χ0) is 23.6. The molecule has 2 aromatic carbocycles. The molecule has 2 aliphatic rings. The van der Waals surface area contributed by atoms with Crippen molar-refractivity contribution in [1.82, 2.24) is 9.80 Å². The third-order valence-electron chi connectivity index (χ3n) is 5.97. The van der Waals surface area contributed by atoms with Crippen LogP contribution in [0.15, 0.2) is 42.5 Å². The van der Waals surface area contributed by atoms with Crippen molar-refractivity contribution >= 4 is 17.8 Å². The summed E-state index contributed by atoms with van der Waals surface area (Å²) in [5.41, 5.74) is 3.60. The molecular formula is C26H33N3O4. The Hall–Kier alpha value is -3.22. The highest BCUT2D eigenvalue weighted by molar-refractivity contribution is 5.92. The monoisotopic (exact) mass is 451 g/mol. The Bertz CT molecular complexity index is 1010. The van der Waals surface area contributed by atoms with Gasteiger partial charge in [0.25, 0.3) is 0 Å². The van der Waals surface area contributed by atoms with Crippen molar-refractivity contribution in [1.29, 1.82) is 0 Å². The van der Waals surface area contributed by atoms with E-state index in [9.17, 15) is 9.59 Å². The first-order chi connectivity index (χ1) is 15.7. The van der Waals surface area contributed by atoms with E-state index in [4.69, 9.17) is 9.47 Å². The Morgan fingerprint density at radius 3 is 2.36 bits per heavy atom. The van der Waals surface area contributed by atoms with Crippen molar-refractivity contribution in [3.63, 3.8) is 0 Å². The Morgan fingerprint density at radius 1 is 0.970 bits per heavy atom. The highest BCUT2D eigenvalue weighted by Crippen LogP contribution is 2.30. The second kappa shape index (κ2) is 9.33. The average Bonchev–Trinajstić information content (AvgIpc) is 3.12. The highest BCUT2D eigenvalue weighted by atomic mass is 16.6. The van der Waals surface area contributed by atoms with E-state index in [-0.39, 0.29) is 12.1 Å². The standard InChI is InChI=1S/C26H33N3O4/c1-26(2,3)33-25(31)28-17-20-9-10-22(15-21(20)18-28)29-14-6-5-13-27(24(29)30)16-19-7-11-23(32-4)12-8-19/h7-12,15H,5-6,13-14,16-18H2,1-4H3. The lowest BCUT2D eigenvalue weighted by Crippen LogP contribution is -2.41. The first kappa shape index (κ1) is 23.0. The van der Waals surface area contributed by atoms with Crippen LogP contribution in [0.2, 0.25) is 0 Å². The predicted octanol–water partition coefficient (Wildman–Crippen LogP) is 5.17. The van der Waals surface area contributed by atoms with Crippen LogP contribution in [0.1, 0.15) is 50.3 Å². The van der Waals surface area contributed by atoms with E-state index in [1.807, 2.05) is 67.0 Å². The number of hydrogen-bond donors (Lipinski definition) is 0. The van der Waals surface area contributed by atoms with Crippen LogP contribution in [-0.4, -0.2) is 47.7 Å². The molecule has 4 rings (SSSR count). The Kier molecular flexibility index (Phi) is 6.49. The lowest BCUT2D eigenvalue weighted by atomic mass is 10.1. The number of methoxy groups -OCH3 is 1. The van der Waals surface area contributed by atoms with Gasteiger partial charge < -0.3 is 14.4 Å². The number of rotatable bonds is 4. The molecule has 0 unspecified atom stereocenters. The van der Waals surface area contributed by atoms with Crippen molar-refractivity contribution in [2.75, 3.05) is 25.1 Å². The molecular weight excluding hydrogens is 418 g/mol. The first-order valence-electron chi connectivity index (χ1n) is 11.5. The molecule has 176 valence electrons. The molecule has 2 aliphatic heterocycles. The maximum Gasteiger partial charge on any atom is 0.410 e. The number of hydrogen-bond acceptors (Lipinski definition) is 4. The van der Waals surface area contributed by atoms with Crippen molar-refractivity contribution in [3.05, 3.63) is 59.2 Å². The number of carbonyl (C=O) groups is 2. The van der Waals surface area contributed by atoms with Crippen molar-refractivity contribution in [3.8, 4) is 5.75 Å². The summed E-state index contributed by atoms with van der Waals surface area (Å²) >= 11 is 0. The maximum atomic E-state index is 13.4. The number of urea groups is 1. The van der Waals surface area contributed by atoms with Crippen molar-refractivity contribution in [2.24, 2.45) is 0 Å². The first-order valence-corrected chi connectivity index (χ1v) is 11.5. The Balaban J connectivity index is 1.48. The van der Waals surface area contributed by atoms with E-state index < -0.39 is 5.60 Å².